The number of hydrogen-bond acceptors (Lipinski definition) is 6. The van der Waals surface area contributed by atoms with Crippen molar-refractivity contribution in [2.45, 2.75) is 46.2 Å². The van der Waals surface area contributed by atoms with Gasteiger partial charge in [-0.2, -0.15) is 0 Å². The fraction of sp³-hybridized carbons (Fsp3) is 0.391. The number of thiophene rings is 1. The molecule has 9 heteroatoms. The number of hydrogen-bond donors (Lipinski definition) is 1. The predicted octanol–water partition coefficient (Wildman–Crippen LogP) is 3.41. The average Bonchev–Trinajstić information content (AvgIpc) is 3.42. The Morgan fingerprint density at radius 2 is 1.97 bits per heavy atom. The van der Waals surface area contributed by atoms with Crippen LogP contribution in [0.1, 0.15) is 38.1 Å². The summed E-state index contributed by atoms with van der Waals surface area (Å²) in [6, 6.07) is 9.56. The average molecular weight is 454 g/mol. The first-order chi connectivity index (χ1) is 15.5. The van der Waals surface area contributed by atoms with E-state index in [2.05, 4.69) is 29.4 Å². The van der Waals surface area contributed by atoms with Crippen LogP contribution in [0.25, 0.3) is 16.0 Å². The molecular formula is C23H27N5O3S. The van der Waals surface area contributed by atoms with E-state index in [0.717, 1.165) is 22.7 Å². The molecule has 0 atom stereocenters. The first-order valence-corrected chi connectivity index (χ1v) is 11.6. The van der Waals surface area contributed by atoms with Gasteiger partial charge < -0.3 is 10.1 Å². The molecule has 168 valence electrons. The first-order valence-electron chi connectivity index (χ1n) is 10.7. The molecule has 4 aromatic rings. The van der Waals surface area contributed by atoms with E-state index < -0.39 is 0 Å². The molecule has 0 saturated carbocycles. The number of aromatic nitrogens is 4. The maximum Gasteiger partial charge on any atom is 0.272 e. The Labute approximate surface area is 189 Å². The number of rotatable bonds is 9. The van der Waals surface area contributed by atoms with Gasteiger partial charge in [0.1, 0.15) is 16.3 Å². The van der Waals surface area contributed by atoms with E-state index >= 15 is 0 Å². The molecular weight excluding hydrogens is 426 g/mol. The van der Waals surface area contributed by atoms with Crippen molar-refractivity contribution < 1.29 is 9.53 Å². The number of fused-ring (bicyclic) bond motifs is 3. The number of methoxy groups -OCH3 is 1. The molecule has 3 heterocycles. The summed E-state index contributed by atoms with van der Waals surface area (Å²) >= 11 is 1.44. The lowest BCUT2D eigenvalue weighted by Crippen LogP contribution is -2.25. The van der Waals surface area contributed by atoms with Crippen molar-refractivity contribution in [3.63, 3.8) is 0 Å². The quantitative estimate of drug-likeness (QED) is 0.419. The van der Waals surface area contributed by atoms with Gasteiger partial charge in [0.2, 0.25) is 11.7 Å². The number of nitrogens with zero attached hydrogens (tertiary/aromatic N) is 4. The minimum atomic E-state index is -0.0203. The van der Waals surface area contributed by atoms with Gasteiger partial charge in [0.15, 0.2) is 0 Å². The highest BCUT2D eigenvalue weighted by molar-refractivity contribution is 7.17. The highest BCUT2D eigenvalue weighted by atomic mass is 32.1. The molecule has 0 unspecified atom stereocenters. The zero-order valence-electron chi connectivity index (χ0n) is 18.5. The normalized spacial score (nSPS) is 11.5. The van der Waals surface area contributed by atoms with Gasteiger partial charge in [-0.3, -0.25) is 18.6 Å². The van der Waals surface area contributed by atoms with Crippen molar-refractivity contribution in [1.29, 1.82) is 0 Å². The van der Waals surface area contributed by atoms with Crippen LogP contribution in [0.4, 0.5) is 0 Å². The van der Waals surface area contributed by atoms with Gasteiger partial charge in [0, 0.05) is 25.9 Å². The van der Waals surface area contributed by atoms with Crippen LogP contribution in [0.3, 0.4) is 0 Å². The SMILES string of the molecule is COc1ccc(CNC(=O)CCCc2nnc3n(CC(C)C)c(=O)c4sccc4n23)cc1. The summed E-state index contributed by atoms with van der Waals surface area (Å²) in [4.78, 5) is 25.2. The Morgan fingerprint density at radius 1 is 1.19 bits per heavy atom. The van der Waals surface area contributed by atoms with Crippen molar-refractivity contribution in [1.82, 2.24) is 24.5 Å². The molecule has 1 aromatic carbocycles. The maximum atomic E-state index is 12.9. The molecule has 1 amide bonds. The molecule has 0 aliphatic heterocycles. The van der Waals surface area contributed by atoms with Crippen molar-refractivity contribution in [2.24, 2.45) is 5.92 Å². The number of benzene rings is 1. The van der Waals surface area contributed by atoms with E-state index in [1.54, 1.807) is 11.7 Å². The zero-order chi connectivity index (χ0) is 22.7. The fourth-order valence-electron chi connectivity index (χ4n) is 3.71. The molecule has 8 nitrogen and oxygen atoms in total. The molecule has 3 aromatic heterocycles. The first kappa shape index (κ1) is 22.0. The van der Waals surface area contributed by atoms with Gasteiger partial charge in [0.25, 0.3) is 5.56 Å². The van der Waals surface area contributed by atoms with Crippen molar-refractivity contribution in [3.05, 3.63) is 57.5 Å². The second kappa shape index (κ2) is 9.52. The van der Waals surface area contributed by atoms with Crippen LogP contribution in [0.15, 0.2) is 40.5 Å². The molecule has 0 bridgehead atoms. The number of amides is 1. The van der Waals surface area contributed by atoms with E-state index in [1.807, 2.05) is 40.1 Å². The molecule has 0 radical (unpaired) electrons. The Balaban J connectivity index is 1.44. The van der Waals surface area contributed by atoms with Crippen LogP contribution in [-0.2, 0) is 24.3 Å². The summed E-state index contributed by atoms with van der Waals surface area (Å²) < 4.78 is 9.53. The number of ether oxygens (including phenoxy) is 1. The van der Waals surface area contributed by atoms with Crippen LogP contribution >= 0.6 is 11.3 Å². The standard InChI is InChI=1S/C23H27N5O3S/c1-15(2)14-27-22(30)21-18(11-12-32-21)28-19(25-26-23(27)28)5-4-6-20(29)24-13-16-7-9-17(31-3)10-8-16/h7-12,15H,4-6,13-14H2,1-3H3,(H,24,29). The third-order valence-corrected chi connectivity index (χ3v) is 6.17. The highest BCUT2D eigenvalue weighted by Crippen LogP contribution is 2.21. The lowest BCUT2D eigenvalue weighted by atomic mass is 10.2. The minimum Gasteiger partial charge on any atom is -0.497 e. The van der Waals surface area contributed by atoms with E-state index in [9.17, 15) is 9.59 Å². The monoisotopic (exact) mass is 453 g/mol. The predicted molar refractivity (Wildman–Crippen MR) is 125 cm³/mol. The van der Waals surface area contributed by atoms with Crippen LogP contribution in [0.2, 0.25) is 0 Å². The van der Waals surface area contributed by atoms with Gasteiger partial charge in [-0.15, -0.1) is 21.5 Å². The smallest absolute Gasteiger partial charge is 0.272 e. The number of carbonyl (C=O) groups is 1. The van der Waals surface area contributed by atoms with E-state index in [4.69, 9.17) is 4.74 Å². The summed E-state index contributed by atoms with van der Waals surface area (Å²) in [5.41, 5.74) is 1.83. The lowest BCUT2D eigenvalue weighted by Gasteiger charge is -2.11. The second-order valence-electron chi connectivity index (χ2n) is 8.17. The van der Waals surface area contributed by atoms with Crippen molar-refractivity contribution in [2.75, 3.05) is 7.11 Å². The molecule has 0 aliphatic rings. The van der Waals surface area contributed by atoms with Crippen LogP contribution in [0.5, 0.6) is 5.75 Å². The lowest BCUT2D eigenvalue weighted by molar-refractivity contribution is -0.121. The van der Waals surface area contributed by atoms with Gasteiger partial charge >= 0.3 is 0 Å². The Morgan fingerprint density at radius 3 is 2.69 bits per heavy atom. The van der Waals surface area contributed by atoms with E-state index in [-0.39, 0.29) is 11.5 Å². The third-order valence-electron chi connectivity index (χ3n) is 5.28. The Hall–Kier alpha value is -3.20. The highest BCUT2D eigenvalue weighted by Gasteiger charge is 2.18. The third kappa shape index (κ3) is 4.52. The van der Waals surface area contributed by atoms with Crippen LogP contribution in [-0.4, -0.2) is 32.2 Å². The molecule has 0 saturated heterocycles. The minimum absolute atomic E-state index is 0.00737. The van der Waals surface area contributed by atoms with E-state index in [0.29, 0.717) is 48.7 Å². The van der Waals surface area contributed by atoms with Crippen molar-refractivity contribution >= 4 is 33.2 Å². The van der Waals surface area contributed by atoms with Gasteiger partial charge in [-0.05, 0) is 41.5 Å². The van der Waals surface area contributed by atoms with Gasteiger partial charge in [0.05, 0.1) is 12.6 Å². The van der Waals surface area contributed by atoms with Crippen molar-refractivity contribution in [3.8, 4) is 5.75 Å². The zero-order valence-corrected chi connectivity index (χ0v) is 19.3. The van der Waals surface area contributed by atoms with E-state index in [1.165, 1.54) is 11.3 Å². The summed E-state index contributed by atoms with van der Waals surface area (Å²) in [5, 5.41) is 13.5. The van der Waals surface area contributed by atoms with Gasteiger partial charge in [-0.25, -0.2) is 0 Å². The fourth-order valence-corrected chi connectivity index (χ4v) is 4.54. The summed E-state index contributed by atoms with van der Waals surface area (Å²) in [5.74, 6) is 2.42. The summed E-state index contributed by atoms with van der Waals surface area (Å²) in [6.07, 6.45) is 1.63. The Bertz CT molecular complexity index is 1290. The summed E-state index contributed by atoms with van der Waals surface area (Å²) in [6.45, 7) is 5.21. The maximum absolute atomic E-state index is 12.9. The molecule has 0 spiro atoms. The van der Waals surface area contributed by atoms with Gasteiger partial charge in [-0.1, -0.05) is 26.0 Å². The summed E-state index contributed by atoms with van der Waals surface area (Å²) in [7, 11) is 1.63. The molecule has 4 rings (SSSR count). The molecule has 0 fully saturated rings. The van der Waals surface area contributed by atoms with Crippen LogP contribution < -0.4 is 15.6 Å². The molecule has 32 heavy (non-hydrogen) atoms. The molecule has 0 aliphatic carbocycles. The molecule has 1 N–H and O–H groups in total. The topological polar surface area (TPSA) is 90.5 Å². The number of carbonyl (C=O) groups excluding carboxylic acids is 1. The number of nitrogens with one attached hydrogen (secondary N) is 1. The largest absolute Gasteiger partial charge is 0.497 e. The van der Waals surface area contributed by atoms with Crippen LogP contribution in [0, 0.1) is 5.92 Å². The number of aryl methyl sites for hydroxylation is 1. The second-order valence-corrected chi connectivity index (χ2v) is 9.09. The Kier molecular flexibility index (Phi) is 6.55.